The SMILES string of the molecule is CCNC(=NCCCOC(C)c1ccccc1)NCCn1cc(C)cn1.I. The van der Waals surface area contributed by atoms with Crippen LogP contribution in [0, 0.1) is 6.92 Å². The lowest BCUT2D eigenvalue weighted by atomic mass is 10.1. The predicted octanol–water partition coefficient (Wildman–Crippen LogP) is 3.53. The van der Waals surface area contributed by atoms with Gasteiger partial charge in [-0.15, -0.1) is 24.0 Å². The van der Waals surface area contributed by atoms with E-state index in [0.717, 1.165) is 38.6 Å². The lowest BCUT2D eigenvalue weighted by molar-refractivity contribution is 0.0652. The van der Waals surface area contributed by atoms with Gasteiger partial charge in [0.25, 0.3) is 0 Å². The zero-order chi connectivity index (χ0) is 18.6. The standard InChI is InChI=1S/C20H31N5O.HI/c1-4-21-20(23-12-13-25-16-17(2)15-24-25)22-11-8-14-26-18(3)19-9-6-5-7-10-19;/h5-7,9-10,15-16,18H,4,8,11-14H2,1-3H3,(H2,21,22,23);1H. The molecule has 2 N–H and O–H groups in total. The van der Waals surface area contributed by atoms with Gasteiger partial charge in [-0.2, -0.15) is 5.10 Å². The summed E-state index contributed by atoms with van der Waals surface area (Å²) in [4.78, 5) is 4.60. The molecule has 0 spiro atoms. The summed E-state index contributed by atoms with van der Waals surface area (Å²) in [6.45, 7) is 10.1. The minimum Gasteiger partial charge on any atom is -0.374 e. The Morgan fingerprint density at radius 2 is 2.04 bits per heavy atom. The molecule has 6 nitrogen and oxygen atoms in total. The molecular formula is C20H32IN5O. The van der Waals surface area contributed by atoms with Gasteiger partial charge >= 0.3 is 0 Å². The lowest BCUT2D eigenvalue weighted by Gasteiger charge is -2.13. The first kappa shape index (κ1) is 23.4. The molecule has 150 valence electrons. The van der Waals surface area contributed by atoms with Crippen molar-refractivity contribution in [1.29, 1.82) is 0 Å². The summed E-state index contributed by atoms with van der Waals surface area (Å²) in [5, 5.41) is 10.9. The van der Waals surface area contributed by atoms with Gasteiger partial charge in [-0.3, -0.25) is 9.67 Å². The summed E-state index contributed by atoms with van der Waals surface area (Å²) >= 11 is 0. The van der Waals surface area contributed by atoms with Crippen LogP contribution in [-0.2, 0) is 11.3 Å². The van der Waals surface area contributed by atoms with Gasteiger partial charge < -0.3 is 15.4 Å². The highest BCUT2D eigenvalue weighted by Gasteiger charge is 2.04. The molecule has 0 bridgehead atoms. The third-order valence-corrected chi connectivity index (χ3v) is 3.95. The van der Waals surface area contributed by atoms with Crippen LogP contribution in [0.1, 0.15) is 37.5 Å². The summed E-state index contributed by atoms with van der Waals surface area (Å²) in [7, 11) is 0. The summed E-state index contributed by atoms with van der Waals surface area (Å²) in [5.41, 5.74) is 2.38. The molecule has 27 heavy (non-hydrogen) atoms. The summed E-state index contributed by atoms with van der Waals surface area (Å²) < 4.78 is 7.82. The highest BCUT2D eigenvalue weighted by atomic mass is 127. The van der Waals surface area contributed by atoms with Crippen LogP contribution in [0.5, 0.6) is 0 Å². The van der Waals surface area contributed by atoms with E-state index in [4.69, 9.17) is 4.74 Å². The van der Waals surface area contributed by atoms with Crippen LogP contribution in [0.3, 0.4) is 0 Å². The molecule has 0 saturated heterocycles. The van der Waals surface area contributed by atoms with E-state index in [1.807, 2.05) is 42.2 Å². The summed E-state index contributed by atoms with van der Waals surface area (Å²) in [6, 6.07) is 10.3. The molecule has 0 radical (unpaired) electrons. The van der Waals surface area contributed by atoms with Crippen molar-refractivity contribution in [3.8, 4) is 0 Å². The zero-order valence-corrected chi connectivity index (χ0v) is 18.8. The Labute approximate surface area is 179 Å². The Hall–Kier alpha value is -1.61. The van der Waals surface area contributed by atoms with Crippen molar-refractivity contribution in [3.63, 3.8) is 0 Å². The molecule has 2 rings (SSSR count). The largest absolute Gasteiger partial charge is 0.374 e. The molecule has 0 saturated carbocycles. The van der Waals surface area contributed by atoms with Crippen molar-refractivity contribution in [1.82, 2.24) is 20.4 Å². The predicted molar refractivity (Wildman–Crippen MR) is 122 cm³/mol. The van der Waals surface area contributed by atoms with E-state index >= 15 is 0 Å². The van der Waals surface area contributed by atoms with Crippen molar-refractivity contribution in [2.75, 3.05) is 26.2 Å². The molecule has 2 aromatic rings. The molecule has 1 atom stereocenters. The maximum absolute atomic E-state index is 5.89. The second kappa shape index (κ2) is 13.5. The average Bonchev–Trinajstić information content (AvgIpc) is 3.07. The number of aryl methyl sites for hydroxylation is 1. The van der Waals surface area contributed by atoms with Crippen LogP contribution >= 0.6 is 24.0 Å². The lowest BCUT2D eigenvalue weighted by Crippen LogP contribution is -2.39. The maximum Gasteiger partial charge on any atom is 0.191 e. The first-order chi connectivity index (χ1) is 12.7. The molecule has 0 aliphatic rings. The number of rotatable bonds is 10. The van der Waals surface area contributed by atoms with Gasteiger partial charge in [-0.05, 0) is 38.3 Å². The summed E-state index contributed by atoms with van der Waals surface area (Å²) in [6.07, 6.45) is 4.92. The Bertz CT molecular complexity index is 659. The van der Waals surface area contributed by atoms with Gasteiger partial charge in [0.05, 0.1) is 18.8 Å². The van der Waals surface area contributed by atoms with Crippen molar-refractivity contribution >= 4 is 29.9 Å². The molecule has 1 aromatic carbocycles. The first-order valence-electron chi connectivity index (χ1n) is 9.37. The monoisotopic (exact) mass is 485 g/mol. The van der Waals surface area contributed by atoms with Gasteiger partial charge in [-0.25, -0.2) is 0 Å². The normalized spacial score (nSPS) is 12.3. The summed E-state index contributed by atoms with van der Waals surface area (Å²) in [5.74, 6) is 0.840. The number of aliphatic imine (C=N–C) groups is 1. The van der Waals surface area contributed by atoms with Crippen molar-refractivity contribution in [2.45, 2.75) is 39.8 Å². The van der Waals surface area contributed by atoms with Crippen LogP contribution in [0.25, 0.3) is 0 Å². The molecule has 0 aliphatic carbocycles. The highest BCUT2D eigenvalue weighted by molar-refractivity contribution is 14.0. The van der Waals surface area contributed by atoms with E-state index in [9.17, 15) is 0 Å². The van der Waals surface area contributed by atoms with E-state index in [2.05, 4.69) is 46.7 Å². The fourth-order valence-corrected chi connectivity index (χ4v) is 2.56. The van der Waals surface area contributed by atoms with E-state index in [-0.39, 0.29) is 30.1 Å². The zero-order valence-electron chi connectivity index (χ0n) is 16.5. The van der Waals surface area contributed by atoms with E-state index in [0.29, 0.717) is 6.61 Å². The van der Waals surface area contributed by atoms with Gasteiger partial charge in [0.2, 0.25) is 0 Å². The second-order valence-electron chi connectivity index (χ2n) is 6.25. The van der Waals surface area contributed by atoms with Crippen LogP contribution < -0.4 is 10.6 Å². The Morgan fingerprint density at radius 3 is 2.70 bits per heavy atom. The van der Waals surface area contributed by atoms with Crippen LogP contribution in [0.15, 0.2) is 47.7 Å². The number of ether oxygens (including phenoxy) is 1. The average molecular weight is 485 g/mol. The van der Waals surface area contributed by atoms with Gasteiger partial charge in [0, 0.05) is 32.4 Å². The highest BCUT2D eigenvalue weighted by Crippen LogP contribution is 2.15. The molecule has 0 fully saturated rings. The fraction of sp³-hybridized carbons (Fsp3) is 0.500. The number of nitrogens with one attached hydrogen (secondary N) is 2. The third-order valence-electron chi connectivity index (χ3n) is 3.95. The smallest absolute Gasteiger partial charge is 0.191 e. The van der Waals surface area contributed by atoms with E-state index in [1.165, 1.54) is 11.1 Å². The Morgan fingerprint density at radius 1 is 1.26 bits per heavy atom. The topological polar surface area (TPSA) is 63.5 Å². The molecule has 0 aliphatic heterocycles. The van der Waals surface area contributed by atoms with E-state index in [1.54, 1.807) is 0 Å². The third kappa shape index (κ3) is 9.23. The molecular weight excluding hydrogens is 453 g/mol. The van der Waals surface area contributed by atoms with Crippen molar-refractivity contribution < 1.29 is 4.74 Å². The molecule has 1 heterocycles. The quantitative estimate of drug-likeness (QED) is 0.234. The number of benzene rings is 1. The number of nitrogens with zero attached hydrogens (tertiary/aromatic N) is 3. The van der Waals surface area contributed by atoms with Gasteiger partial charge in [0.15, 0.2) is 5.96 Å². The number of hydrogen-bond donors (Lipinski definition) is 2. The minimum atomic E-state index is 0. The minimum absolute atomic E-state index is 0. The Kier molecular flexibility index (Phi) is 11.8. The molecule has 7 heteroatoms. The Balaban J connectivity index is 0.00000364. The van der Waals surface area contributed by atoms with Crippen molar-refractivity contribution in [2.24, 2.45) is 4.99 Å². The number of hydrogen-bond acceptors (Lipinski definition) is 3. The fourth-order valence-electron chi connectivity index (χ4n) is 2.56. The van der Waals surface area contributed by atoms with Crippen molar-refractivity contribution in [3.05, 3.63) is 53.9 Å². The van der Waals surface area contributed by atoms with Gasteiger partial charge in [0.1, 0.15) is 0 Å². The molecule has 1 unspecified atom stereocenters. The van der Waals surface area contributed by atoms with Crippen LogP contribution in [0.4, 0.5) is 0 Å². The van der Waals surface area contributed by atoms with E-state index < -0.39 is 0 Å². The number of aromatic nitrogens is 2. The number of halogens is 1. The maximum atomic E-state index is 5.89. The number of guanidine groups is 1. The van der Waals surface area contributed by atoms with Crippen LogP contribution in [0.2, 0.25) is 0 Å². The molecule has 1 aromatic heterocycles. The molecule has 0 amide bonds. The first-order valence-corrected chi connectivity index (χ1v) is 9.37. The van der Waals surface area contributed by atoms with Crippen LogP contribution in [-0.4, -0.2) is 42.0 Å². The van der Waals surface area contributed by atoms with Gasteiger partial charge in [-0.1, -0.05) is 30.3 Å². The second-order valence-corrected chi connectivity index (χ2v) is 6.25.